The maximum atomic E-state index is 12.5. The maximum Gasteiger partial charge on any atom is 0.328 e. The second-order valence-corrected chi connectivity index (χ2v) is 6.91. The van der Waals surface area contributed by atoms with E-state index in [2.05, 4.69) is 16.0 Å². The third-order valence-electron chi connectivity index (χ3n) is 4.20. The summed E-state index contributed by atoms with van der Waals surface area (Å²) < 4.78 is 0. The Morgan fingerprint density at radius 3 is 1.90 bits per heavy atom. The molecule has 10 N–H and O–H groups in total. The molecule has 0 heterocycles. The van der Waals surface area contributed by atoms with Crippen LogP contribution in [0.3, 0.4) is 0 Å². The van der Waals surface area contributed by atoms with E-state index in [4.69, 9.17) is 16.6 Å². The van der Waals surface area contributed by atoms with E-state index in [0.717, 1.165) is 0 Å². The smallest absolute Gasteiger partial charge is 0.328 e. The number of unbranched alkanes of at least 4 members (excludes halogenated alkanes) is 1. The van der Waals surface area contributed by atoms with Crippen LogP contribution in [0.1, 0.15) is 40.0 Å². The second-order valence-electron chi connectivity index (χ2n) is 6.91. The number of hydrogen-bond donors (Lipinski definition) is 8. The molecule has 3 amide bonds. The fourth-order valence-corrected chi connectivity index (χ4v) is 2.30. The zero-order valence-corrected chi connectivity index (χ0v) is 16.9. The number of nitrogens with one attached hydrogen (secondary N) is 3. The summed E-state index contributed by atoms with van der Waals surface area (Å²) >= 11 is 0. The van der Waals surface area contributed by atoms with Crippen molar-refractivity contribution in [2.24, 2.45) is 11.5 Å². The van der Waals surface area contributed by atoms with Crippen LogP contribution in [0.4, 0.5) is 0 Å². The van der Waals surface area contributed by atoms with Crippen LogP contribution in [0.5, 0.6) is 0 Å². The third-order valence-corrected chi connectivity index (χ3v) is 4.20. The maximum absolute atomic E-state index is 12.5. The first-order valence-electron chi connectivity index (χ1n) is 9.38. The number of carbonyl (C=O) groups excluding carboxylic acids is 3. The van der Waals surface area contributed by atoms with Crippen molar-refractivity contribution in [1.82, 2.24) is 16.0 Å². The molecule has 0 spiro atoms. The number of hydrogen-bond acceptors (Lipinski definition) is 8. The molecule has 0 unspecified atom stereocenters. The van der Waals surface area contributed by atoms with E-state index in [0.29, 0.717) is 19.4 Å². The van der Waals surface area contributed by atoms with Gasteiger partial charge in [0.2, 0.25) is 17.7 Å². The highest BCUT2D eigenvalue weighted by molar-refractivity contribution is 5.94. The summed E-state index contributed by atoms with van der Waals surface area (Å²) in [7, 11) is 0. The molecule has 168 valence electrons. The monoisotopic (exact) mass is 419 g/mol. The van der Waals surface area contributed by atoms with Gasteiger partial charge in [-0.1, -0.05) is 0 Å². The minimum absolute atomic E-state index is 0.175. The summed E-state index contributed by atoms with van der Waals surface area (Å²) in [6.45, 7) is 4.28. The molecule has 0 saturated carbocycles. The lowest BCUT2D eigenvalue weighted by Gasteiger charge is -2.24. The van der Waals surface area contributed by atoms with Crippen LogP contribution in [0.25, 0.3) is 0 Å². The van der Waals surface area contributed by atoms with Crippen LogP contribution in [0, 0.1) is 0 Å². The zero-order valence-electron chi connectivity index (χ0n) is 16.9. The number of aliphatic carboxylic acids is 1. The van der Waals surface area contributed by atoms with Crippen molar-refractivity contribution in [1.29, 1.82) is 0 Å². The lowest BCUT2D eigenvalue weighted by molar-refractivity contribution is -0.145. The van der Waals surface area contributed by atoms with Crippen molar-refractivity contribution in [2.75, 3.05) is 6.54 Å². The Bertz CT molecular complexity index is 570. The molecule has 0 fully saturated rings. The lowest BCUT2D eigenvalue weighted by Crippen LogP contribution is -2.58. The summed E-state index contributed by atoms with van der Waals surface area (Å²) in [5, 5.41) is 34.9. The van der Waals surface area contributed by atoms with Gasteiger partial charge < -0.3 is 42.7 Å². The normalized spacial score (nSPS) is 17.2. The molecule has 12 heteroatoms. The van der Waals surface area contributed by atoms with Gasteiger partial charge in [0.05, 0.1) is 12.2 Å². The SMILES string of the molecule is C[C@H](NC(=O)[C@@H](N)[C@@H](C)O)C(=O)N[C@@H](CCCCN)C(=O)N[C@H](C(=O)O)[C@@H](C)O. The first kappa shape index (κ1) is 26.7. The van der Waals surface area contributed by atoms with Gasteiger partial charge in [-0.25, -0.2) is 4.79 Å². The molecule has 0 bridgehead atoms. The molecule has 6 atom stereocenters. The van der Waals surface area contributed by atoms with Crippen LogP contribution < -0.4 is 27.4 Å². The first-order chi connectivity index (χ1) is 13.4. The van der Waals surface area contributed by atoms with Gasteiger partial charge in [0.25, 0.3) is 0 Å². The summed E-state index contributed by atoms with van der Waals surface area (Å²) in [5.74, 6) is -3.66. The van der Waals surface area contributed by atoms with Crippen LogP contribution >= 0.6 is 0 Å². The predicted molar refractivity (Wildman–Crippen MR) is 103 cm³/mol. The van der Waals surface area contributed by atoms with Gasteiger partial charge in [-0.3, -0.25) is 14.4 Å². The van der Waals surface area contributed by atoms with E-state index in [9.17, 15) is 29.4 Å². The molecular formula is C17H33N5O7. The van der Waals surface area contributed by atoms with Crippen molar-refractivity contribution in [3.05, 3.63) is 0 Å². The fraction of sp³-hybridized carbons (Fsp3) is 0.765. The third kappa shape index (κ3) is 9.65. The molecule has 29 heavy (non-hydrogen) atoms. The average Bonchev–Trinajstić information content (AvgIpc) is 2.63. The van der Waals surface area contributed by atoms with Crippen molar-refractivity contribution in [3.63, 3.8) is 0 Å². The van der Waals surface area contributed by atoms with Gasteiger partial charge in [0.15, 0.2) is 6.04 Å². The Morgan fingerprint density at radius 2 is 1.45 bits per heavy atom. The molecule has 0 aliphatic carbocycles. The van der Waals surface area contributed by atoms with Crippen LogP contribution in [0.15, 0.2) is 0 Å². The molecular weight excluding hydrogens is 386 g/mol. The van der Waals surface area contributed by atoms with Gasteiger partial charge >= 0.3 is 5.97 Å². The zero-order chi connectivity index (χ0) is 22.7. The largest absolute Gasteiger partial charge is 0.480 e. The van der Waals surface area contributed by atoms with Gasteiger partial charge in [-0.2, -0.15) is 0 Å². The van der Waals surface area contributed by atoms with Gasteiger partial charge in [0, 0.05) is 0 Å². The molecule has 0 aliphatic heterocycles. The Hall–Kier alpha value is -2.28. The molecule has 12 nitrogen and oxygen atoms in total. The first-order valence-corrected chi connectivity index (χ1v) is 9.38. The Balaban J connectivity index is 5.11. The highest BCUT2D eigenvalue weighted by Crippen LogP contribution is 2.04. The fourth-order valence-electron chi connectivity index (χ4n) is 2.30. The topological polar surface area (TPSA) is 217 Å². The van der Waals surface area contributed by atoms with Crippen molar-refractivity contribution in [2.45, 2.75) is 76.4 Å². The number of carboxylic acids is 1. The number of aliphatic hydroxyl groups excluding tert-OH is 2. The minimum atomic E-state index is -1.54. The van der Waals surface area contributed by atoms with Crippen molar-refractivity contribution >= 4 is 23.7 Å². The van der Waals surface area contributed by atoms with E-state index >= 15 is 0 Å². The van der Waals surface area contributed by atoms with E-state index in [1.54, 1.807) is 0 Å². The summed E-state index contributed by atoms with van der Waals surface area (Å²) in [6, 6.07) is -4.93. The second kappa shape index (κ2) is 13.0. The highest BCUT2D eigenvalue weighted by Gasteiger charge is 2.30. The predicted octanol–water partition coefficient (Wildman–Crippen LogP) is -3.24. The number of amides is 3. The Morgan fingerprint density at radius 1 is 0.862 bits per heavy atom. The van der Waals surface area contributed by atoms with E-state index in [-0.39, 0.29) is 6.42 Å². The van der Waals surface area contributed by atoms with Crippen LogP contribution in [0.2, 0.25) is 0 Å². The van der Waals surface area contributed by atoms with Crippen molar-refractivity contribution in [3.8, 4) is 0 Å². The Kier molecular flexibility index (Phi) is 12.0. The number of carbonyl (C=O) groups is 4. The van der Waals surface area contributed by atoms with Crippen molar-refractivity contribution < 1.29 is 34.5 Å². The number of nitrogens with two attached hydrogens (primary N) is 2. The quantitative estimate of drug-likeness (QED) is 0.140. The highest BCUT2D eigenvalue weighted by atomic mass is 16.4. The van der Waals surface area contributed by atoms with Crippen LogP contribution in [-0.2, 0) is 19.2 Å². The Labute approximate surface area is 169 Å². The van der Waals surface area contributed by atoms with Gasteiger partial charge in [-0.15, -0.1) is 0 Å². The molecule has 0 aliphatic rings. The van der Waals surface area contributed by atoms with Gasteiger partial charge in [-0.05, 0) is 46.6 Å². The number of carboxylic acid groups (broad SMARTS) is 1. The van der Waals surface area contributed by atoms with Gasteiger partial charge in [0.1, 0.15) is 18.1 Å². The molecule has 0 radical (unpaired) electrons. The van der Waals surface area contributed by atoms with E-state index in [1.807, 2.05) is 0 Å². The molecule has 0 rings (SSSR count). The number of rotatable bonds is 13. The number of aliphatic hydroxyl groups is 2. The standard InChI is InChI=1S/C17H33N5O7/c1-8(20-16(27)12(19)9(2)23)14(25)21-11(6-4-5-7-18)15(26)22-13(10(3)24)17(28)29/h8-13,23-24H,4-7,18-19H2,1-3H3,(H,20,27)(H,21,25)(H,22,26)(H,28,29)/t8-,9+,10+,11-,12-,13-/m0/s1. The average molecular weight is 419 g/mol. The summed E-state index contributed by atoms with van der Waals surface area (Å²) in [5.41, 5.74) is 10.9. The molecule has 0 aromatic carbocycles. The summed E-state index contributed by atoms with van der Waals surface area (Å²) in [4.78, 5) is 47.9. The minimum Gasteiger partial charge on any atom is -0.480 e. The molecule has 0 aromatic heterocycles. The molecule has 0 aromatic rings. The van der Waals surface area contributed by atoms with E-state index < -0.39 is 60.1 Å². The van der Waals surface area contributed by atoms with Crippen LogP contribution in [-0.4, -0.2) is 81.9 Å². The van der Waals surface area contributed by atoms with E-state index in [1.165, 1.54) is 20.8 Å². The summed E-state index contributed by atoms with van der Waals surface area (Å²) in [6.07, 6.45) is -1.23. The lowest BCUT2D eigenvalue weighted by atomic mass is 10.1. The molecule has 0 saturated heterocycles.